The number of ether oxygens (including phenoxy) is 3. The van der Waals surface area contributed by atoms with Gasteiger partial charge in [-0.3, -0.25) is 9.59 Å². The maximum absolute atomic E-state index is 9.81. The van der Waals surface area contributed by atoms with Gasteiger partial charge in [0.1, 0.15) is 0 Å². The lowest BCUT2D eigenvalue weighted by Gasteiger charge is -2.12. The van der Waals surface area contributed by atoms with Crippen LogP contribution in [-0.2, 0) is 23.8 Å². The largest absolute Gasteiger partial charge is 0.461 e. The molecule has 11 heavy (non-hydrogen) atoms. The topological polar surface area (TPSA) is 61.8 Å². The summed E-state index contributed by atoms with van der Waals surface area (Å²) >= 11 is 0. The van der Waals surface area contributed by atoms with Gasteiger partial charge in [-0.2, -0.15) is 0 Å². The van der Waals surface area contributed by atoms with Crippen LogP contribution in [0.4, 0.5) is 0 Å². The van der Waals surface area contributed by atoms with Gasteiger partial charge in [0.05, 0.1) is 0 Å². The Bertz CT molecular complexity index is 114. The molecule has 0 rings (SSSR count). The predicted octanol–water partition coefficient (Wildman–Crippen LogP) is -0.305. The highest BCUT2D eigenvalue weighted by atomic mass is 16.7. The quantitative estimate of drug-likeness (QED) is 0.379. The summed E-state index contributed by atoms with van der Waals surface area (Å²) in [7, 11) is 0. The van der Waals surface area contributed by atoms with E-state index in [2.05, 4.69) is 9.47 Å². The fourth-order valence-electron chi connectivity index (χ4n) is 0.492. The second-order valence-electron chi connectivity index (χ2n) is 1.55. The molecule has 0 N–H and O–H groups in total. The molecule has 0 spiro atoms. The Morgan fingerprint density at radius 2 is 2.09 bits per heavy atom. The Kier molecular flexibility index (Phi) is 6.31. The highest BCUT2D eigenvalue weighted by Crippen LogP contribution is 1.92. The monoisotopic (exact) mass is 162 g/mol. The van der Waals surface area contributed by atoms with Crippen molar-refractivity contribution in [3.8, 4) is 0 Å². The molecule has 1 atom stereocenters. The third kappa shape index (κ3) is 5.35. The minimum absolute atomic E-state index is 0.0733. The van der Waals surface area contributed by atoms with Crippen LogP contribution in [-0.4, -0.2) is 32.4 Å². The van der Waals surface area contributed by atoms with E-state index in [1.807, 2.05) is 0 Å². The predicted molar refractivity (Wildman–Crippen MR) is 34.6 cm³/mol. The first-order valence-corrected chi connectivity index (χ1v) is 3.11. The number of hydrogen-bond donors (Lipinski definition) is 0. The van der Waals surface area contributed by atoms with Crippen LogP contribution in [0.15, 0.2) is 0 Å². The summed E-state index contributed by atoms with van der Waals surface area (Å²) in [5.74, 6) is 0. The van der Waals surface area contributed by atoms with Crippen molar-refractivity contribution in [1.29, 1.82) is 0 Å². The van der Waals surface area contributed by atoms with Crippen molar-refractivity contribution in [3.63, 3.8) is 0 Å². The van der Waals surface area contributed by atoms with Crippen molar-refractivity contribution in [2.24, 2.45) is 0 Å². The Morgan fingerprint density at radius 3 is 2.55 bits per heavy atom. The van der Waals surface area contributed by atoms with Gasteiger partial charge in [-0.1, -0.05) is 0 Å². The summed E-state index contributed by atoms with van der Waals surface area (Å²) in [5, 5.41) is 0. The van der Waals surface area contributed by atoms with Crippen LogP contribution in [0.3, 0.4) is 0 Å². The third-order valence-corrected chi connectivity index (χ3v) is 0.860. The van der Waals surface area contributed by atoms with Gasteiger partial charge in [0, 0.05) is 6.61 Å². The molecule has 5 nitrogen and oxygen atoms in total. The van der Waals surface area contributed by atoms with E-state index >= 15 is 0 Å². The summed E-state index contributed by atoms with van der Waals surface area (Å²) in [6.07, 6.45) is -0.789. The zero-order chi connectivity index (χ0) is 8.53. The van der Waals surface area contributed by atoms with E-state index in [0.29, 0.717) is 6.61 Å². The van der Waals surface area contributed by atoms with Crippen LogP contribution in [0.1, 0.15) is 6.92 Å². The van der Waals surface area contributed by atoms with Crippen LogP contribution < -0.4 is 0 Å². The van der Waals surface area contributed by atoms with E-state index < -0.39 is 6.29 Å². The number of hydrogen-bond acceptors (Lipinski definition) is 5. The van der Waals surface area contributed by atoms with E-state index in [4.69, 9.17) is 4.74 Å². The Morgan fingerprint density at radius 1 is 1.36 bits per heavy atom. The van der Waals surface area contributed by atoms with E-state index in [1.165, 1.54) is 0 Å². The first-order chi connectivity index (χ1) is 5.35. The zero-order valence-electron chi connectivity index (χ0n) is 6.19. The van der Waals surface area contributed by atoms with Gasteiger partial charge in [-0.05, 0) is 6.92 Å². The summed E-state index contributed by atoms with van der Waals surface area (Å²) < 4.78 is 13.6. The molecule has 0 heterocycles. The highest BCUT2D eigenvalue weighted by Gasteiger charge is 2.07. The summed E-state index contributed by atoms with van der Waals surface area (Å²) in [6, 6.07) is 0. The lowest BCUT2D eigenvalue weighted by Crippen LogP contribution is -2.22. The minimum atomic E-state index is -0.789. The molecule has 0 aromatic heterocycles. The Hall–Kier alpha value is -1.10. The Balaban J connectivity index is 3.49. The van der Waals surface area contributed by atoms with Crippen molar-refractivity contribution < 1.29 is 23.8 Å². The van der Waals surface area contributed by atoms with Gasteiger partial charge in [-0.25, -0.2) is 0 Å². The molecule has 0 aliphatic rings. The van der Waals surface area contributed by atoms with Crippen molar-refractivity contribution in [3.05, 3.63) is 0 Å². The summed E-state index contributed by atoms with van der Waals surface area (Å²) in [4.78, 5) is 19.5. The molecular weight excluding hydrogens is 152 g/mol. The number of rotatable bonds is 7. The molecule has 0 aliphatic carbocycles. The molecule has 0 aromatic carbocycles. The zero-order valence-corrected chi connectivity index (χ0v) is 6.19. The molecule has 0 saturated heterocycles. The lowest BCUT2D eigenvalue weighted by molar-refractivity contribution is -0.177. The molecule has 1 unspecified atom stereocenters. The first-order valence-electron chi connectivity index (χ1n) is 3.11. The van der Waals surface area contributed by atoms with Crippen LogP contribution in [0.25, 0.3) is 0 Å². The molecule has 0 saturated carbocycles. The van der Waals surface area contributed by atoms with Crippen molar-refractivity contribution >= 4 is 12.9 Å². The molecule has 64 valence electrons. The lowest BCUT2D eigenvalue weighted by atomic mass is 10.7. The van der Waals surface area contributed by atoms with Crippen molar-refractivity contribution in [2.75, 3.05) is 13.2 Å². The summed E-state index contributed by atoms with van der Waals surface area (Å²) in [6.45, 7) is 2.56. The molecule has 0 aromatic rings. The normalized spacial score (nSPS) is 11.7. The van der Waals surface area contributed by atoms with Crippen LogP contribution in [0.2, 0.25) is 0 Å². The van der Waals surface area contributed by atoms with Gasteiger partial charge < -0.3 is 14.2 Å². The SMILES string of the molecule is CCOC(COC=O)OC=O. The third-order valence-electron chi connectivity index (χ3n) is 0.860. The van der Waals surface area contributed by atoms with E-state index in [1.54, 1.807) is 6.92 Å². The second-order valence-corrected chi connectivity index (χ2v) is 1.55. The second kappa shape index (κ2) is 7.01. The number of carbonyl (C=O) groups is 2. The van der Waals surface area contributed by atoms with Crippen molar-refractivity contribution in [1.82, 2.24) is 0 Å². The smallest absolute Gasteiger partial charge is 0.295 e. The first kappa shape index (κ1) is 9.90. The average Bonchev–Trinajstić information content (AvgIpc) is 2.01. The van der Waals surface area contributed by atoms with Crippen molar-refractivity contribution in [2.45, 2.75) is 13.2 Å². The fourth-order valence-corrected chi connectivity index (χ4v) is 0.492. The molecule has 0 aliphatic heterocycles. The molecular formula is C6H10O5. The maximum Gasteiger partial charge on any atom is 0.295 e. The van der Waals surface area contributed by atoms with E-state index in [9.17, 15) is 9.59 Å². The van der Waals surface area contributed by atoms with Gasteiger partial charge in [0.2, 0.25) is 6.29 Å². The molecule has 0 bridgehead atoms. The van der Waals surface area contributed by atoms with E-state index in [0.717, 1.165) is 0 Å². The number of carbonyl (C=O) groups excluding carboxylic acids is 2. The molecule has 5 heteroatoms. The van der Waals surface area contributed by atoms with Gasteiger partial charge in [-0.15, -0.1) is 0 Å². The van der Waals surface area contributed by atoms with Crippen LogP contribution in [0, 0.1) is 0 Å². The van der Waals surface area contributed by atoms with E-state index in [-0.39, 0.29) is 19.6 Å². The van der Waals surface area contributed by atoms with Crippen LogP contribution >= 0.6 is 0 Å². The Labute approximate surface area is 64.2 Å². The summed E-state index contributed by atoms with van der Waals surface area (Å²) in [5.41, 5.74) is 0. The maximum atomic E-state index is 9.81. The standard InChI is InChI=1S/C6H10O5/c1-2-10-6(11-5-8)3-9-4-7/h4-6H,2-3H2,1H3. The fraction of sp³-hybridized carbons (Fsp3) is 0.667. The van der Waals surface area contributed by atoms with Gasteiger partial charge >= 0.3 is 0 Å². The average molecular weight is 162 g/mol. The van der Waals surface area contributed by atoms with Crippen LogP contribution in [0.5, 0.6) is 0 Å². The minimum Gasteiger partial charge on any atom is -0.461 e. The van der Waals surface area contributed by atoms with Gasteiger partial charge in [0.25, 0.3) is 12.9 Å². The molecule has 0 amide bonds. The van der Waals surface area contributed by atoms with Gasteiger partial charge in [0.15, 0.2) is 6.61 Å². The highest BCUT2D eigenvalue weighted by molar-refractivity contribution is 5.38. The molecule has 0 radical (unpaired) electrons. The molecule has 0 fully saturated rings.